The van der Waals surface area contributed by atoms with Crippen LogP contribution in [-0.2, 0) is 11.3 Å². The maximum Gasteiger partial charge on any atom is 0.328 e. The van der Waals surface area contributed by atoms with E-state index in [0.29, 0.717) is 6.54 Å². The van der Waals surface area contributed by atoms with E-state index in [0.717, 1.165) is 0 Å². The van der Waals surface area contributed by atoms with Crippen LogP contribution in [0.5, 0.6) is 0 Å². The van der Waals surface area contributed by atoms with Crippen molar-refractivity contribution in [2.45, 2.75) is 32.9 Å². The van der Waals surface area contributed by atoms with Crippen LogP contribution in [0.4, 0.5) is 0 Å². The van der Waals surface area contributed by atoms with E-state index in [-0.39, 0.29) is 18.2 Å². The average molecular weight is 198 g/mol. The van der Waals surface area contributed by atoms with Crippen molar-refractivity contribution < 1.29 is 9.90 Å². The normalized spacial score (nSPS) is 12.7. The van der Waals surface area contributed by atoms with Crippen LogP contribution in [0.15, 0.2) is 17.2 Å². The van der Waals surface area contributed by atoms with Gasteiger partial charge >= 0.3 is 11.7 Å². The number of hydrogen-bond acceptors (Lipinski definition) is 2. The van der Waals surface area contributed by atoms with Crippen LogP contribution in [0.3, 0.4) is 0 Å². The molecule has 0 aromatic carbocycles. The highest BCUT2D eigenvalue weighted by atomic mass is 16.4. The largest absolute Gasteiger partial charge is 0.481 e. The summed E-state index contributed by atoms with van der Waals surface area (Å²) in [6.45, 7) is 4.19. The number of imidazole rings is 1. The number of aryl methyl sites for hydroxylation is 1. The van der Waals surface area contributed by atoms with Gasteiger partial charge in [-0.2, -0.15) is 0 Å². The van der Waals surface area contributed by atoms with Crippen molar-refractivity contribution in [2.24, 2.45) is 0 Å². The SMILES string of the molecule is CCn1ccn(C(C)CC(=O)O)c1=O. The fourth-order valence-electron chi connectivity index (χ4n) is 1.36. The molecule has 0 aliphatic carbocycles. The van der Waals surface area contributed by atoms with E-state index in [4.69, 9.17) is 5.11 Å². The second-order valence-corrected chi connectivity index (χ2v) is 3.22. The number of carboxylic acids is 1. The van der Waals surface area contributed by atoms with Gasteiger partial charge in [0, 0.05) is 25.0 Å². The van der Waals surface area contributed by atoms with E-state index in [1.807, 2.05) is 6.92 Å². The standard InChI is InChI=1S/C9H14N2O3/c1-3-10-4-5-11(9(10)14)7(2)6-8(12)13/h4-5,7H,3,6H2,1-2H3,(H,12,13). The molecule has 1 N–H and O–H groups in total. The van der Waals surface area contributed by atoms with Crippen LogP contribution in [0, 0.1) is 0 Å². The highest BCUT2D eigenvalue weighted by Gasteiger charge is 2.12. The molecular weight excluding hydrogens is 184 g/mol. The number of nitrogens with zero attached hydrogens (tertiary/aromatic N) is 2. The van der Waals surface area contributed by atoms with Crippen LogP contribution < -0.4 is 5.69 Å². The molecular formula is C9H14N2O3. The van der Waals surface area contributed by atoms with E-state index in [1.54, 1.807) is 23.9 Å². The van der Waals surface area contributed by atoms with Crippen molar-refractivity contribution >= 4 is 5.97 Å². The molecule has 0 radical (unpaired) electrons. The smallest absolute Gasteiger partial charge is 0.328 e. The summed E-state index contributed by atoms with van der Waals surface area (Å²) in [5.74, 6) is -0.895. The minimum absolute atomic E-state index is 0.0341. The lowest BCUT2D eigenvalue weighted by Crippen LogP contribution is -2.26. The highest BCUT2D eigenvalue weighted by Crippen LogP contribution is 2.07. The van der Waals surface area contributed by atoms with Crippen molar-refractivity contribution in [3.63, 3.8) is 0 Å². The predicted molar refractivity (Wildman–Crippen MR) is 51.3 cm³/mol. The van der Waals surface area contributed by atoms with E-state index < -0.39 is 5.97 Å². The molecule has 0 saturated heterocycles. The van der Waals surface area contributed by atoms with Crippen LogP contribution in [0.2, 0.25) is 0 Å². The molecule has 1 aromatic rings. The summed E-state index contributed by atoms with van der Waals surface area (Å²) >= 11 is 0. The number of carbonyl (C=O) groups is 1. The Labute approximate surface area is 81.6 Å². The average Bonchev–Trinajstić information content (AvgIpc) is 2.45. The van der Waals surface area contributed by atoms with Gasteiger partial charge in [0.15, 0.2) is 0 Å². The topological polar surface area (TPSA) is 64.2 Å². The summed E-state index contributed by atoms with van der Waals surface area (Å²) < 4.78 is 2.98. The second kappa shape index (κ2) is 4.13. The molecule has 1 heterocycles. The van der Waals surface area contributed by atoms with Crippen LogP contribution >= 0.6 is 0 Å². The molecule has 5 heteroatoms. The van der Waals surface area contributed by atoms with Crippen LogP contribution in [0.25, 0.3) is 0 Å². The molecule has 0 spiro atoms. The van der Waals surface area contributed by atoms with Gasteiger partial charge in [0.25, 0.3) is 0 Å². The van der Waals surface area contributed by atoms with Gasteiger partial charge in [-0.25, -0.2) is 4.79 Å². The Hall–Kier alpha value is -1.52. The van der Waals surface area contributed by atoms with Gasteiger partial charge in [-0.1, -0.05) is 0 Å². The van der Waals surface area contributed by atoms with Crippen molar-refractivity contribution in [3.8, 4) is 0 Å². The molecule has 0 bridgehead atoms. The van der Waals surface area contributed by atoms with Gasteiger partial charge in [0.1, 0.15) is 0 Å². The molecule has 1 aromatic heterocycles. The molecule has 5 nitrogen and oxygen atoms in total. The van der Waals surface area contributed by atoms with Gasteiger partial charge in [-0.05, 0) is 13.8 Å². The summed E-state index contributed by atoms with van der Waals surface area (Å²) in [7, 11) is 0. The van der Waals surface area contributed by atoms with E-state index in [1.165, 1.54) is 4.57 Å². The Morgan fingerprint density at radius 2 is 2.21 bits per heavy atom. The monoisotopic (exact) mass is 198 g/mol. The Bertz CT molecular complexity index is 378. The summed E-state index contributed by atoms with van der Waals surface area (Å²) in [6, 6.07) is -0.298. The molecule has 0 saturated carbocycles. The van der Waals surface area contributed by atoms with Gasteiger partial charge < -0.3 is 5.11 Å². The van der Waals surface area contributed by atoms with Crippen molar-refractivity contribution in [3.05, 3.63) is 22.9 Å². The molecule has 78 valence electrons. The number of aromatic nitrogens is 2. The first kappa shape index (κ1) is 10.6. The quantitative estimate of drug-likeness (QED) is 0.774. The zero-order chi connectivity index (χ0) is 10.7. The first-order chi connectivity index (χ1) is 6.56. The van der Waals surface area contributed by atoms with Crippen molar-refractivity contribution in [2.75, 3.05) is 0 Å². The summed E-state index contributed by atoms with van der Waals surface area (Å²) in [6.07, 6.45) is 3.26. The Morgan fingerprint density at radius 3 is 2.64 bits per heavy atom. The third kappa shape index (κ3) is 2.04. The molecule has 0 amide bonds. The number of hydrogen-bond donors (Lipinski definition) is 1. The summed E-state index contributed by atoms with van der Waals surface area (Å²) in [5.41, 5.74) is -0.152. The number of carboxylic acid groups (broad SMARTS) is 1. The molecule has 1 unspecified atom stereocenters. The maximum absolute atomic E-state index is 11.6. The van der Waals surface area contributed by atoms with Crippen LogP contribution in [-0.4, -0.2) is 20.2 Å². The van der Waals surface area contributed by atoms with Gasteiger partial charge in [0.05, 0.1) is 6.42 Å². The summed E-state index contributed by atoms with van der Waals surface area (Å²) in [5, 5.41) is 8.58. The van der Waals surface area contributed by atoms with Crippen LogP contribution in [0.1, 0.15) is 26.3 Å². The maximum atomic E-state index is 11.6. The minimum Gasteiger partial charge on any atom is -0.481 e. The zero-order valence-corrected chi connectivity index (χ0v) is 8.30. The van der Waals surface area contributed by atoms with E-state index in [9.17, 15) is 9.59 Å². The molecule has 1 rings (SSSR count). The fourth-order valence-corrected chi connectivity index (χ4v) is 1.36. The van der Waals surface area contributed by atoms with Crippen molar-refractivity contribution in [1.82, 2.24) is 9.13 Å². The molecule has 0 aliphatic heterocycles. The first-order valence-electron chi connectivity index (χ1n) is 4.55. The fraction of sp³-hybridized carbons (Fsp3) is 0.556. The lowest BCUT2D eigenvalue weighted by atomic mass is 10.2. The summed E-state index contributed by atoms with van der Waals surface area (Å²) in [4.78, 5) is 22.0. The Morgan fingerprint density at radius 1 is 1.57 bits per heavy atom. The molecule has 1 atom stereocenters. The minimum atomic E-state index is -0.895. The van der Waals surface area contributed by atoms with Gasteiger partial charge in [-0.15, -0.1) is 0 Å². The number of rotatable bonds is 4. The third-order valence-electron chi connectivity index (χ3n) is 2.16. The first-order valence-corrected chi connectivity index (χ1v) is 4.55. The van der Waals surface area contributed by atoms with E-state index in [2.05, 4.69) is 0 Å². The Balaban J connectivity index is 2.90. The lowest BCUT2D eigenvalue weighted by molar-refractivity contribution is -0.137. The van der Waals surface area contributed by atoms with E-state index >= 15 is 0 Å². The third-order valence-corrected chi connectivity index (χ3v) is 2.16. The van der Waals surface area contributed by atoms with Crippen molar-refractivity contribution in [1.29, 1.82) is 0 Å². The van der Waals surface area contributed by atoms with Gasteiger partial charge in [-0.3, -0.25) is 13.9 Å². The highest BCUT2D eigenvalue weighted by molar-refractivity contribution is 5.67. The predicted octanol–water partition coefficient (Wildman–Crippen LogP) is 0.705. The zero-order valence-electron chi connectivity index (χ0n) is 8.30. The molecule has 14 heavy (non-hydrogen) atoms. The second-order valence-electron chi connectivity index (χ2n) is 3.22. The molecule has 0 fully saturated rings. The van der Waals surface area contributed by atoms with Gasteiger partial charge in [0.2, 0.25) is 0 Å². The molecule has 0 aliphatic rings. The lowest BCUT2D eigenvalue weighted by Gasteiger charge is -2.08. The number of aliphatic carboxylic acids is 1. The Kier molecular flexibility index (Phi) is 3.11.